The number of rotatable bonds is 6. The van der Waals surface area contributed by atoms with Gasteiger partial charge in [0.2, 0.25) is 0 Å². The summed E-state index contributed by atoms with van der Waals surface area (Å²) in [7, 11) is -2.85. The van der Waals surface area contributed by atoms with Crippen LogP contribution in [0.15, 0.2) is 29.2 Å². The van der Waals surface area contributed by atoms with Crippen LogP contribution in [0.3, 0.4) is 0 Å². The monoisotopic (exact) mass is 259 g/mol. The molecule has 16 heavy (non-hydrogen) atoms. The predicted octanol–water partition coefficient (Wildman–Crippen LogP) is 1.32. The smallest absolute Gasteiger partial charge is 0.148 e. The average molecular weight is 259 g/mol. The van der Waals surface area contributed by atoms with Crippen molar-refractivity contribution in [1.82, 2.24) is 0 Å². The summed E-state index contributed by atoms with van der Waals surface area (Å²) in [4.78, 5) is 1.10. The van der Waals surface area contributed by atoms with Gasteiger partial charge in [0, 0.05) is 16.9 Å². The van der Waals surface area contributed by atoms with Crippen LogP contribution in [0.4, 0.5) is 0 Å². The van der Waals surface area contributed by atoms with Crippen LogP contribution in [0.5, 0.6) is 0 Å². The van der Waals surface area contributed by atoms with Crippen molar-refractivity contribution in [2.24, 2.45) is 5.73 Å². The van der Waals surface area contributed by atoms with Gasteiger partial charge in [-0.15, -0.1) is 11.8 Å². The topological polar surface area (TPSA) is 60.2 Å². The molecule has 90 valence electrons. The molecule has 0 heterocycles. The van der Waals surface area contributed by atoms with Crippen LogP contribution in [0, 0.1) is 0 Å². The number of benzene rings is 1. The molecule has 0 bridgehead atoms. The highest BCUT2D eigenvalue weighted by Gasteiger charge is 2.02. The lowest BCUT2D eigenvalue weighted by molar-refractivity contribution is 0.603. The zero-order valence-corrected chi connectivity index (χ0v) is 11.0. The third kappa shape index (κ3) is 5.53. The van der Waals surface area contributed by atoms with Gasteiger partial charge in [0.1, 0.15) is 9.84 Å². The summed E-state index contributed by atoms with van der Waals surface area (Å²) in [5.74, 6) is 0.831. The molecule has 3 nitrogen and oxygen atoms in total. The Balaban J connectivity index is 2.43. The minimum Gasteiger partial charge on any atom is -0.330 e. The molecule has 0 aliphatic heterocycles. The minimum atomic E-state index is -2.85. The second-order valence-electron chi connectivity index (χ2n) is 3.66. The Kier molecular flexibility index (Phi) is 5.31. The second kappa shape index (κ2) is 6.27. The van der Waals surface area contributed by atoms with Crippen LogP contribution in [0.2, 0.25) is 0 Å². The molecule has 0 amide bonds. The van der Waals surface area contributed by atoms with E-state index in [1.165, 1.54) is 11.8 Å². The molecule has 0 aromatic heterocycles. The zero-order valence-electron chi connectivity index (χ0n) is 9.35. The first-order valence-corrected chi connectivity index (χ1v) is 8.15. The lowest BCUT2D eigenvalue weighted by Gasteiger charge is -2.02. The van der Waals surface area contributed by atoms with Gasteiger partial charge in [0.25, 0.3) is 0 Å². The minimum absolute atomic E-state index is 0.224. The quantitative estimate of drug-likeness (QED) is 0.783. The van der Waals surface area contributed by atoms with E-state index in [1.807, 2.05) is 24.3 Å². The molecule has 1 aromatic carbocycles. The largest absolute Gasteiger partial charge is 0.330 e. The fourth-order valence-corrected chi connectivity index (χ4v) is 3.34. The van der Waals surface area contributed by atoms with Gasteiger partial charge in [-0.25, -0.2) is 8.42 Å². The SMILES string of the molecule is CS(=O)(=O)CCSc1ccc(CCN)cc1. The zero-order chi connectivity index (χ0) is 12.0. The van der Waals surface area contributed by atoms with Gasteiger partial charge in [-0.3, -0.25) is 0 Å². The van der Waals surface area contributed by atoms with Crippen molar-refractivity contribution in [2.75, 3.05) is 24.3 Å². The molecule has 5 heteroatoms. The van der Waals surface area contributed by atoms with Gasteiger partial charge < -0.3 is 5.73 Å². The van der Waals surface area contributed by atoms with Crippen molar-refractivity contribution < 1.29 is 8.42 Å². The van der Waals surface area contributed by atoms with Crippen LogP contribution in [0.25, 0.3) is 0 Å². The maximum atomic E-state index is 10.9. The van der Waals surface area contributed by atoms with Gasteiger partial charge in [0.15, 0.2) is 0 Å². The lowest BCUT2D eigenvalue weighted by atomic mass is 10.2. The van der Waals surface area contributed by atoms with Gasteiger partial charge in [-0.2, -0.15) is 0 Å². The van der Waals surface area contributed by atoms with Crippen molar-refractivity contribution >= 4 is 21.6 Å². The van der Waals surface area contributed by atoms with Crippen LogP contribution >= 0.6 is 11.8 Å². The van der Waals surface area contributed by atoms with Crippen LogP contribution in [0.1, 0.15) is 5.56 Å². The number of thioether (sulfide) groups is 1. The molecule has 0 radical (unpaired) electrons. The first-order chi connectivity index (χ1) is 7.51. The summed E-state index contributed by atoms with van der Waals surface area (Å²) in [5, 5.41) is 0. The number of hydrogen-bond donors (Lipinski definition) is 1. The van der Waals surface area contributed by atoms with Crippen LogP contribution < -0.4 is 5.73 Å². The highest BCUT2D eigenvalue weighted by molar-refractivity contribution is 8.00. The van der Waals surface area contributed by atoms with Gasteiger partial charge >= 0.3 is 0 Å². The molecular weight excluding hydrogens is 242 g/mol. The predicted molar refractivity (Wildman–Crippen MR) is 69.6 cm³/mol. The third-order valence-electron chi connectivity index (χ3n) is 2.08. The molecule has 0 aliphatic rings. The Hall–Kier alpha value is -0.520. The van der Waals surface area contributed by atoms with E-state index in [2.05, 4.69) is 0 Å². The van der Waals surface area contributed by atoms with Crippen molar-refractivity contribution in [1.29, 1.82) is 0 Å². The van der Waals surface area contributed by atoms with E-state index >= 15 is 0 Å². The Morgan fingerprint density at radius 1 is 1.25 bits per heavy atom. The normalized spacial score (nSPS) is 11.6. The number of sulfone groups is 1. The van der Waals surface area contributed by atoms with E-state index in [0.717, 1.165) is 11.3 Å². The van der Waals surface area contributed by atoms with E-state index in [4.69, 9.17) is 5.73 Å². The van der Waals surface area contributed by atoms with Crippen molar-refractivity contribution in [2.45, 2.75) is 11.3 Å². The Morgan fingerprint density at radius 3 is 2.38 bits per heavy atom. The molecule has 0 spiro atoms. The van der Waals surface area contributed by atoms with Crippen LogP contribution in [-0.4, -0.2) is 32.7 Å². The van der Waals surface area contributed by atoms with Crippen molar-refractivity contribution in [3.05, 3.63) is 29.8 Å². The summed E-state index contributed by atoms with van der Waals surface area (Å²) in [6, 6.07) is 8.10. The number of hydrogen-bond acceptors (Lipinski definition) is 4. The average Bonchev–Trinajstić information content (AvgIpc) is 2.19. The summed E-state index contributed by atoms with van der Waals surface area (Å²) < 4.78 is 21.9. The highest BCUT2D eigenvalue weighted by Crippen LogP contribution is 2.18. The lowest BCUT2D eigenvalue weighted by Crippen LogP contribution is -2.05. The molecule has 2 N–H and O–H groups in total. The van der Waals surface area contributed by atoms with E-state index in [1.54, 1.807) is 11.8 Å². The maximum absolute atomic E-state index is 10.9. The number of nitrogens with two attached hydrogens (primary N) is 1. The Morgan fingerprint density at radius 2 is 1.88 bits per heavy atom. The molecular formula is C11H17NO2S2. The Bertz CT molecular complexity index is 412. The fraction of sp³-hybridized carbons (Fsp3) is 0.455. The van der Waals surface area contributed by atoms with E-state index in [9.17, 15) is 8.42 Å². The van der Waals surface area contributed by atoms with E-state index < -0.39 is 9.84 Å². The van der Waals surface area contributed by atoms with Crippen molar-refractivity contribution in [3.63, 3.8) is 0 Å². The van der Waals surface area contributed by atoms with Gasteiger partial charge in [-0.05, 0) is 30.7 Å². The molecule has 0 unspecified atom stereocenters. The van der Waals surface area contributed by atoms with Crippen LogP contribution in [-0.2, 0) is 16.3 Å². The third-order valence-corrected chi connectivity index (χ3v) is 4.30. The van der Waals surface area contributed by atoms with Gasteiger partial charge in [0.05, 0.1) is 5.75 Å². The van der Waals surface area contributed by atoms with Gasteiger partial charge in [-0.1, -0.05) is 12.1 Å². The molecule has 1 aromatic rings. The second-order valence-corrected chi connectivity index (χ2v) is 7.09. The molecule has 1 rings (SSSR count). The Labute approximate surface area is 101 Å². The molecule has 0 aliphatic carbocycles. The fourth-order valence-electron chi connectivity index (χ4n) is 1.23. The summed E-state index contributed by atoms with van der Waals surface area (Å²) >= 11 is 1.56. The molecule has 0 saturated heterocycles. The molecule has 0 fully saturated rings. The first kappa shape index (κ1) is 13.5. The maximum Gasteiger partial charge on any atom is 0.148 e. The highest BCUT2D eigenvalue weighted by atomic mass is 32.2. The summed E-state index contributed by atoms with van der Waals surface area (Å²) in [5.41, 5.74) is 6.67. The first-order valence-electron chi connectivity index (χ1n) is 5.11. The summed E-state index contributed by atoms with van der Waals surface area (Å²) in [6.45, 7) is 0.653. The molecule has 0 saturated carbocycles. The van der Waals surface area contributed by atoms with Crippen molar-refractivity contribution in [3.8, 4) is 0 Å². The standard InChI is InChI=1S/C11H17NO2S2/c1-16(13,14)9-8-15-11-4-2-10(3-5-11)6-7-12/h2-5H,6-9,12H2,1H3. The van der Waals surface area contributed by atoms with E-state index in [0.29, 0.717) is 12.3 Å². The summed E-state index contributed by atoms with van der Waals surface area (Å²) in [6.07, 6.45) is 2.15. The van der Waals surface area contributed by atoms with E-state index in [-0.39, 0.29) is 5.75 Å². The molecule has 0 atom stereocenters.